The molecule has 1 N–H and O–H groups in total. The number of hydrogen-bond acceptors (Lipinski definition) is 2. The first-order valence-corrected chi connectivity index (χ1v) is 6.96. The van der Waals surface area contributed by atoms with Crippen molar-refractivity contribution < 1.29 is 0 Å². The van der Waals surface area contributed by atoms with E-state index in [0.29, 0.717) is 0 Å². The number of rotatable bonds is 4. The van der Waals surface area contributed by atoms with Crippen LogP contribution in [0.4, 0.5) is 5.69 Å². The molecule has 1 unspecified atom stereocenters. The van der Waals surface area contributed by atoms with Crippen molar-refractivity contribution in [2.24, 2.45) is 0 Å². The van der Waals surface area contributed by atoms with Crippen LogP contribution in [0.15, 0.2) is 24.3 Å². The summed E-state index contributed by atoms with van der Waals surface area (Å²) in [6, 6.07) is 8.00. The molecule has 4 heteroatoms. The third kappa shape index (κ3) is 2.92. The molecule has 3 nitrogen and oxygen atoms in total. The standard InChI is InChI=1S/C15H20ClN3/c1-5-19-12(4)15(11(3)18-19)10(2)17-14-8-6-7-13(16)9-14/h6-10,17H,5H2,1-4H3. The molecule has 0 saturated heterocycles. The molecule has 0 aliphatic rings. The van der Waals surface area contributed by atoms with Gasteiger partial charge in [-0.1, -0.05) is 17.7 Å². The van der Waals surface area contributed by atoms with Gasteiger partial charge >= 0.3 is 0 Å². The molecular weight excluding hydrogens is 258 g/mol. The lowest BCUT2D eigenvalue weighted by Crippen LogP contribution is -2.09. The van der Waals surface area contributed by atoms with Crippen molar-refractivity contribution in [1.29, 1.82) is 0 Å². The highest BCUT2D eigenvalue weighted by Crippen LogP contribution is 2.26. The fourth-order valence-electron chi connectivity index (χ4n) is 2.55. The normalized spacial score (nSPS) is 12.5. The minimum atomic E-state index is 0.207. The Morgan fingerprint density at radius 3 is 2.68 bits per heavy atom. The first-order chi connectivity index (χ1) is 9.02. The van der Waals surface area contributed by atoms with E-state index in [-0.39, 0.29) is 6.04 Å². The van der Waals surface area contributed by atoms with Gasteiger partial charge < -0.3 is 5.32 Å². The van der Waals surface area contributed by atoms with Crippen LogP contribution in [-0.2, 0) is 6.54 Å². The molecule has 0 radical (unpaired) electrons. The van der Waals surface area contributed by atoms with Crippen molar-refractivity contribution in [2.45, 2.75) is 40.3 Å². The maximum atomic E-state index is 6.01. The second-order valence-corrected chi connectivity index (χ2v) is 5.21. The van der Waals surface area contributed by atoms with E-state index >= 15 is 0 Å². The predicted molar refractivity (Wildman–Crippen MR) is 80.9 cm³/mol. The Balaban J connectivity index is 2.25. The Bertz CT molecular complexity index is 575. The Hall–Kier alpha value is -1.48. The number of hydrogen-bond donors (Lipinski definition) is 1. The molecule has 1 atom stereocenters. The third-order valence-corrected chi connectivity index (χ3v) is 3.61. The van der Waals surface area contributed by atoms with Crippen molar-refractivity contribution in [3.05, 3.63) is 46.2 Å². The van der Waals surface area contributed by atoms with E-state index in [9.17, 15) is 0 Å². The van der Waals surface area contributed by atoms with E-state index in [2.05, 4.69) is 38.1 Å². The average molecular weight is 278 g/mol. The highest BCUT2D eigenvalue weighted by Gasteiger charge is 2.16. The summed E-state index contributed by atoms with van der Waals surface area (Å²) in [5, 5.41) is 8.79. The lowest BCUT2D eigenvalue weighted by atomic mass is 10.1. The van der Waals surface area contributed by atoms with Gasteiger partial charge in [-0.3, -0.25) is 4.68 Å². The molecule has 0 aliphatic carbocycles. The van der Waals surface area contributed by atoms with Crippen LogP contribution in [0.5, 0.6) is 0 Å². The van der Waals surface area contributed by atoms with Gasteiger partial charge in [0.2, 0.25) is 0 Å². The van der Waals surface area contributed by atoms with E-state index in [1.165, 1.54) is 11.3 Å². The molecule has 0 fully saturated rings. The second kappa shape index (κ2) is 5.66. The van der Waals surface area contributed by atoms with Gasteiger partial charge in [-0.2, -0.15) is 5.10 Å². The van der Waals surface area contributed by atoms with Crippen molar-refractivity contribution in [3.8, 4) is 0 Å². The number of benzene rings is 1. The minimum absolute atomic E-state index is 0.207. The van der Waals surface area contributed by atoms with Gasteiger partial charge in [0.1, 0.15) is 0 Å². The van der Waals surface area contributed by atoms with Gasteiger partial charge in [0, 0.05) is 28.5 Å². The first kappa shape index (κ1) is 13.9. The monoisotopic (exact) mass is 277 g/mol. The summed E-state index contributed by atoms with van der Waals surface area (Å²) in [6.45, 7) is 9.34. The van der Waals surface area contributed by atoms with Gasteiger partial charge in [-0.15, -0.1) is 0 Å². The zero-order chi connectivity index (χ0) is 14.0. The number of aryl methyl sites for hydroxylation is 2. The topological polar surface area (TPSA) is 29.9 Å². The Labute approximate surface area is 119 Å². The van der Waals surface area contributed by atoms with Crippen LogP contribution in [0.3, 0.4) is 0 Å². The number of aromatic nitrogens is 2. The lowest BCUT2D eigenvalue weighted by Gasteiger charge is -2.16. The zero-order valence-corrected chi connectivity index (χ0v) is 12.6. The van der Waals surface area contributed by atoms with E-state index in [1.807, 2.05) is 28.9 Å². The van der Waals surface area contributed by atoms with Crippen LogP contribution in [0.2, 0.25) is 5.02 Å². The number of nitrogens with one attached hydrogen (secondary N) is 1. The van der Waals surface area contributed by atoms with Crippen molar-refractivity contribution in [1.82, 2.24) is 9.78 Å². The van der Waals surface area contributed by atoms with E-state index in [1.54, 1.807) is 0 Å². The maximum Gasteiger partial charge on any atom is 0.0649 e. The maximum absolute atomic E-state index is 6.01. The molecule has 0 spiro atoms. The average Bonchev–Trinajstić information content (AvgIpc) is 2.64. The molecule has 1 aromatic heterocycles. The van der Waals surface area contributed by atoms with Gasteiger partial charge in [-0.25, -0.2) is 0 Å². The minimum Gasteiger partial charge on any atom is -0.378 e. The van der Waals surface area contributed by atoms with E-state index in [4.69, 9.17) is 11.6 Å². The van der Waals surface area contributed by atoms with Crippen LogP contribution in [-0.4, -0.2) is 9.78 Å². The Morgan fingerprint density at radius 2 is 2.11 bits per heavy atom. The molecular formula is C15H20ClN3. The molecule has 0 aliphatic heterocycles. The largest absolute Gasteiger partial charge is 0.378 e. The fourth-order valence-corrected chi connectivity index (χ4v) is 2.74. The molecule has 2 aromatic rings. The molecule has 1 heterocycles. The lowest BCUT2D eigenvalue weighted by molar-refractivity contribution is 0.632. The summed E-state index contributed by atoms with van der Waals surface area (Å²) in [6.07, 6.45) is 0. The summed E-state index contributed by atoms with van der Waals surface area (Å²) in [4.78, 5) is 0. The molecule has 102 valence electrons. The second-order valence-electron chi connectivity index (χ2n) is 4.78. The molecule has 0 bridgehead atoms. The van der Waals surface area contributed by atoms with Crippen LogP contribution < -0.4 is 5.32 Å². The van der Waals surface area contributed by atoms with E-state index < -0.39 is 0 Å². The van der Waals surface area contributed by atoms with Gasteiger partial charge in [0.15, 0.2) is 0 Å². The zero-order valence-electron chi connectivity index (χ0n) is 11.9. The predicted octanol–water partition coefficient (Wildman–Crippen LogP) is 4.35. The van der Waals surface area contributed by atoms with Crippen molar-refractivity contribution in [2.75, 3.05) is 5.32 Å². The quantitative estimate of drug-likeness (QED) is 0.901. The van der Waals surface area contributed by atoms with Crippen LogP contribution in [0.1, 0.15) is 36.8 Å². The van der Waals surface area contributed by atoms with Crippen molar-refractivity contribution >= 4 is 17.3 Å². The highest BCUT2D eigenvalue weighted by molar-refractivity contribution is 6.30. The number of nitrogens with zero attached hydrogens (tertiary/aromatic N) is 2. The summed E-state index contributed by atoms with van der Waals surface area (Å²) < 4.78 is 2.04. The van der Waals surface area contributed by atoms with E-state index in [0.717, 1.165) is 22.9 Å². The molecule has 0 amide bonds. The molecule has 19 heavy (non-hydrogen) atoms. The number of anilines is 1. The van der Waals surface area contributed by atoms with Crippen LogP contribution in [0.25, 0.3) is 0 Å². The summed E-state index contributed by atoms with van der Waals surface area (Å²) >= 11 is 6.01. The third-order valence-electron chi connectivity index (χ3n) is 3.38. The number of halogens is 1. The molecule has 2 rings (SSSR count). The fraction of sp³-hybridized carbons (Fsp3) is 0.400. The van der Waals surface area contributed by atoms with Gasteiger partial charge in [0.25, 0.3) is 0 Å². The van der Waals surface area contributed by atoms with Crippen LogP contribution >= 0.6 is 11.6 Å². The highest BCUT2D eigenvalue weighted by atomic mass is 35.5. The van der Waals surface area contributed by atoms with Gasteiger partial charge in [-0.05, 0) is 45.9 Å². The van der Waals surface area contributed by atoms with Crippen molar-refractivity contribution in [3.63, 3.8) is 0 Å². The smallest absolute Gasteiger partial charge is 0.0649 e. The van der Waals surface area contributed by atoms with Crippen LogP contribution in [0, 0.1) is 13.8 Å². The molecule has 0 saturated carbocycles. The van der Waals surface area contributed by atoms with Gasteiger partial charge in [0.05, 0.1) is 11.7 Å². The summed E-state index contributed by atoms with van der Waals surface area (Å²) in [5.74, 6) is 0. The Kier molecular flexibility index (Phi) is 4.15. The first-order valence-electron chi connectivity index (χ1n) is 6.59. The Morgan fingerprint density at radius 1 is 1.37 bits per heavy atom. The summed E-state index contributed by atoms with van der Waals surface area (Å²) in [7, 11) is 0. The molecule has 1 aromatic carbocycles. The SMILES string of the molecule is CCn1nc(C)c(C(C)Nc2cccc(Cl)c2)c1C. The summed E-state index contributed by atoms with van der Waals surface area (Å²) in [5.41, 5.74) is 4.60.